The summed E-state index contributed by atoms with van der Waals surface area (Å²) in [6, 6.07) is 16.7. The monoisotopic (exact) mass is 519 g/mol. The zero-order valence-corrected chi connectivity index (χ0v) is 21.3. The molecule has 2 aliphatic rings. The van der Waals surface area contributed by atoms with Crippen LogP contribution in [0.4, 0.5) is 10.1 Å². The van der Waals surface area contributed by atoms with Gasteiger partial charge in [-0.3, -0.25) is 19.3 Å². The number of Topliss-reactive ketones (excluding diaryl/α,β-unsaturated/α-hetero) is 1. The number of nitrogens with zero attached hydrogens (tertiary/aromatic N) is 1. The predicted octanol–water partition coefficient (Wildman–Crippen LogP) is 5.61. The van der Waals surface area contributed by atoms with Crippen LogP contribution in [0.25, 0.3) is 0 Å². The summed E-state index contributed by atoms with van der Waals surface area (Å²) in [4.78, 5) is 43.5. The lowest BCUT2D eigenvalue weighted by molar-refractivity contribution is -0.152. The average molecular weight is 520 g/mol. The minimum atomic E-state index is -1.02. The van der Waals surface area contributed by atoms with Crippen LogP contribution in [0.5, 0.6) is 5.75 Å². The van der Waals surface area contributed by atoms with Gasteiger partial charge in [0.1, 0.15) is 17.5 Å². The Bertz CT molecular complexity index is 1370. The molecule has 1 aromatic heterocycles. The molecule has 3 atom stereocenters. The molecule has 0 fully saturated rings. The molecule has 8 heteroatoms. The van der Waals surface area contributed by atoms with Crippen LogP contribution in [0.1, 0.15) is 42.0 Å². The molecule has 37 heavy (non-hydrogen) atoms. The summed E-state index contributed by atoms with van der Waals surface area (Å²) in [6.45, 7) is 1.87. The van der Waals surface area contributed by atoms with Gasteiger partial charge in [-0.15, -0.1) is 11.3 Å². The first-order valence-corrected chi connectivity index (χ1v) is 13.0. The Morgan fingerprint density at radius 1 is 1.08 bits per heavy atom. The van der Waals surface area contributed by atoms with E-state index >= 15 is 0 Å². The minimum Gasteiger partial charge on any atom is -0.497 e. The molecule has 0 N–H and O–H groups in total. The molecule has 6 nitrogen and oxygen atoms in total. The minimum absolute atomic E-state index is 0.0222. The molecule has 1 aliphatic heterocycles. The number of thiophene rings is 1. The largest absolute Gasteiger partial charge is 0.497 e. The topological polar surface area (TPSA) is 72.9 Å². The Balaban J connectivity index is 1.71. The van der Waals surface area contributed by atoms with E-state index in [1.165, 1.54) is 40.5 Å². The highest BCUT2D eigenvalue weighted by Gasteiger charge is 2.50. The van der Waals surface area contributed by atoms with Crippen molar-refractivity contribution in [1.29, 1.82) is 0 Å². The lowest BCUT2D eigenvalue weighted by Crippen LogP contribution is -2.46. The van der Waals surface area contributed by atoms with E-state index in [0.717, 1.165) is 10.4 Å². The van der Waals surface area contributed by atoms with Gasteiger partial charge in [-0.2, -0.15) is 0 Å². The van der Waals surface area contributed by atoms with Gasteiger partial charge in [0.25, 0.3) is 0 Å². The fourth-order valence-electron chi connectivity index (χ4n) is 5.33. The number of ether oxygens (including phenoxy) is 2. The van der Waals surface area contributed by atoms with Gasteiger partial charge in [-0.1, -0.05) is 18.2 Å². The summed E-state index contributed by atoms with van der Waals surface area (Å²) in [7, 11) is 1.56. The normalized spacial score (nSPS) is 21.6. The van der Waals surface area contributed by atoms with Crippen molar-refractivity contribution in [2.24, 2.45) is 5.92 Å². The molecule has 2 heterocycles. The Hall–Kier alpha value is -3.78. The molecule has 0 spiro atoms. The van der Waals surface area contributed by atoms with E-state index in [4.69, 9.17) is 9.47 Å². The van der Waals surface area contributed by atoms with Crippen LogP contribution in [0, 0.1) is 11.7 Å². The summed E-state index contributed by atoms with van der Waals surface area (Å²) in [5.74, 6) is -2.98. The summed E-state index contributed by atoms with van der Waals surface area (Å²) in [6.07, 6.45) is 0.309. The summed E-state index contributed by atoms with van der Waals surface area (Å²) >= 11 is 1.46. The van der Waals surface area contributed by atoms with Crippen LogP contribution < -0.4 is 9.64 Å². The Morgan fingerprint density at radius 2 is 1.86 bits per heavy atom. The van der Waals surface area contributed by atoms with E-state index < -0.39 is 29.5 Å². The Kier molecular flexibility index (Phi) is 6.93. The number of hydrogen-bond donors (Lipinski definition) is 0. The number of benzene rings is 2. The number of carbonyl (C=O) groups is 3. The van der Waals surface area contributed by atoms with Crippen molar-refractivity contribution in [3.8, 4) is 5.75 Å². The number of hydrogen-bond acceptors (Lipinski definition) is 6. The van der Waals surface area contributed by atoms with E-state index in [1.807, 2.05) is 35.7 Å². The molecule has 190 valence electrons. The maximum Gasteiger partial charge on any atom is 0.317 e. The molecule has 0 bridgehead atoms. The number of ketones is 1. The molecule has 0 saturated carbocycles. The van der Waals surface area contributed by atoms with E-state index in [1.54, 1.807) is 20.1 Å². The van der Waals surface area contributed by atoms with E-state index in [9.17, 15) is 18.8 Å². The number of rotatable bonds is 6. The summed E-state index contributed by atoms with van der Waals surface area (Å²) in [5, 5.41) is 1.90. The Labute approximate surface area is 218 Å². The zero-order chi connectivity index (χ0) is 26.1. The highest BCUT2D eigenvalue weighted by molar-refractivity contribution is 7.10. The van der Waals surface area contributed by atoms with Crippen molar-refractivity contribution in [1.82, 2.24) is 0 Å². The lowest BCUT2D eigenvalue weighted by atomic mass is 9.69. The second kappa shape index (κ2) is 10.3. The van der Waals surface area contributed by atoms with Crippen molar-refractivity contribution < 1.29 is 28.2 Å². The second-order valence-corrected chi connectivity index (χ2v) is 10.00. The Morgan fingerprint density at radius 3 is 2.54 bits per heavy atom. The molecular weight excluding hydrogens is 493 g/mol. The fraction of sp³-hybridized carbons (Fsp3) is 0.276. The highest BCUT2D eigenvalue weighted by Crippen LogP contribution is 2.50. The number of anilines is 1. The molecule has 1 aliphatic carbocycles. The SMILES string of the molecule is CCOC(=O)[C@@H]1C(=O)C2=C(C[C@@H]1c1cccs1)N(c1ccc(F)cc1)C(=O)C[C@H]2c1cccc(OC)c1. The fourth-order valence-corrected chi connectivity index (χ4v) is 6.20. The first kappa shape index (κ1) is 24.9. The maximum atomic E-state index is 14.3. The number of allylic oxidation sites excluding steroid dienone is 2. The van der Waals surface area contributed by atoms with E-state index in [2.05, 4.69) is 0 Å². The third-order valence-corrected chi connectivity index (χ3v) is 7.96. The van der Waals surface area contributed by atoms with Gasteiger partial charge in [0.2, 0.25) is 5.91 Å². The summed E-state index contributed by atoms with van der Waals surface area (Å²) < 4.78 is 24.5. The van der Waals surface area contributed by atoms with Gasteiger partial charge in [-0.25, -0.2) is 4.39 Å². The molecule has 0 unspecified atom stereocenters. The van der Waals surface area contributed by atoms with Gasteiger partial charge in [0.05, 0.1) is 13.7 Å². The van der Waals surface area contributed by atoms with Crippen LogP contribution in [-0.4, -0.2) is 31.4 Å². The number of methoxy groups -OCH3 is 1. The van der Waals surface area contributed by atoms with Crippen LogP contribution in [-0.2, 0) is 19.1 Å². The summed E-state index contributed by atoms with van der Waals surface area (Å²) in [5.41, 5.74) is 2.20. The van der Waals surface area contributed by atoms with Crippen LogP contribution in [0.2, 0.25) is 0 Å². The van der Waals surface area contributed by atoms with Crippen molar-refractivity contribution in [2.45, 2.75) is 31.6 Å². The van der Waals surface area contributed by atoms with E-state index in [0.29, 0.717) is 22.7 Å². The van der Waals surface area contributed by atoms with Crippen molar-refractivity contribution in [3.05, 3.63) is 93.6 Å². The first-order valence-electron chi connectivity index (χ1n) is 12.1. The standard InChI is InChI=1S/C29H26FNO5S/c1-3-36-29(34)27-22(24-8-5-13-37-24)15-23-26(28(27)33)21(17-6-4-7-20(14-17)35-2)16-25(32)31(23)19-11-9-18(30)10-12-19/h4-14,21-22,27H,3,15-16H2,1-2H3/t21-,22+,27-/m0/s1. The third-order valence-electron chi connectivity index (χ3n) is 6.95. The second-order valence-electron chi connectivity index (χ2n) is 9.02. The van der Waals surface area contributed by atoms with Crippen molar-refractivity contribution in [3.63, 3.8) is 0 Å². The van der Waals surface area contributed by atoms with Gasteiger partial charge in [0.15, 0.2) is 5.78 Å². The predicted molar refractivity (Wildman–Crippen MR) is 138 cm³/mol. The average Bonchev–Trinajstić information content (AvgIpc) is 3.44. The molecule has 3 aromatic rings. The number of esters is 1. The molecule has 2 aromatic carbocycles. The van der Waals surface area contributed by atoms with Crippen molar-refractivity contribution in [2.75, 3.05) is 18.6 Å². The number of halogens is 1. The van der Waals surface area contributed by atoms with Crippen LogP contribution in [0.15, 0.2) is 77.3 Å². The van der Waals surface area contributed by atoms with Crippen LogP contribution >= 0.6 is 11.3 Å². The van der Waals surface area contributed by atoms with Gasteiger partial charge < -0.3 is 9.47 Å². The van der Waals surface area contributed by atoms with Crippen molar-refractivity contribution >= 4 is 34.7 Å². The van der Waals surface area contributed by atoms with Crippen LogP contribution in [0.3, 0.4) is 0 Å². The highest BCUT2D eigenvalue weighted by atomic mass is 32.1. The smallest absolute Gasteiger partial charge is 0.317 e. The third kappa shape index (κ3) is 4.57. The van der Waals surface area contributed by atoms with E-state index in [-0.39, 0.29) is 31.1 Å². The maximum absolute atomic E-state index is 14.3. The van der Waals surface area contributed by atoms with Gasteiger partial charge in [-0.05, 0) is 66.8 Å². The zero-order valence-electron chi connectivity index (χ0n) is 20.5. The number of amides is 1. The molecule has 1 amide bonds. The number of carbonyl (C=O) groups excluding carboxylic acids is 3. The molecule has 5 rings (SSSR count). The lowest BCUT2D eigenvalue weighted by Gasteiger charge is -2.42. The molecule has 0 radical (unpaired) electrons. The first-order chi connectivity index (χ1) is 17.9. The van der Waals surface area contributed by atoms with Gasteiger partial charge >= 0.3 is 5.97 Å². The van der Waals surface area contributed by atoms with Gasteiger partial charge in [0, 0.05) is 40.1 Å². The molecular formula is C29H26FNO5S. The quantitative estimate of drug-likeness (QED) is 0.313. The molecule has 0 saturated heterocycles.